The van der Waals surface area contributed by atoms with Crippen LogP contribution in [0.5, 0.6) is 0 Å². The molecule has 64 valence electrons. The van der Waals surface area contributed by atoms with Gasteiger partial charge in [-0.1, -0.05) is 0 Å². The number of nitriles is 1. The molecule has 1 rings (SSSR count). The minimum Gasteiger partial charge on any atom is -0.328 e. The summed E-state index contributed by atoms with van der Waals surface area (Å²) in [5, 5.41) is 8.36. The molecule has 1 aliphatic heterocycles. The molecule has 0 unspecified atom stereocenters. The van der Waals surface area contributed by atoms with Gasteiger partial charge in [0.25, 0.3) is 0 Å². The number of hydrogen-bond acceptors (Lipinski definition) is 3. The average molecular weight is 176 g/mol. The molecule has 1 aliphatic rings. The van der Waals surface area contributed by atoms with E-state index in [-0.39, 0.29) is 12.4 Å². The van der Waals surface area contributed by atoms with E-state index in [1.54, 1.807) is 0 Å². The first kappa shape index (κ1) is 10.7. The van der Waals surface area contributed by atoms with Crippen LogP contribution in [0.1, 0.15) is 12.8 Å². The maximum Gasteiger partial charge on any atom is 0.0866 e. The van der Waals surface area contributed by atoms with Crippen molar-refractivity contribution >= 4 is 12.4 Å². The molecular formula is C7H14ClN3. The third-order valence-corrected chi connectivity index (χ3v) is 1.93. The Morgan fingerprint density at radius 2 is 2.00 bits per heavy atom. The summed E-state index contributed by atoms with van der Waals surface area (Å²) in [4.78, 5) is 2.14. The van der Waals surface area contributed by atoms with Crippen LogP contribution in [0.25, 0.3) is 0 Å². The van der Waals surface area contributed by atoms with Crippen LogP contribution in [0.2, 0.25) is 0 Å². The predicted molar refractivity (Wildman–Crippen MR) is 46.5 cm³/mol. The zero-order valence-electron chi connectivity index (χ0n) is 6.49. The normalized spacial score (nSPS) is 20.4. The Kier molecular flexibility index (Phi) is 5.22. The molecule has 0 aromatic rings. The monoisotopic (exact) mass is 175 g/mol. The van der Waals surface area contributed by atoms with Gasteiger partial charge in [-0.3, -0.25) is 4.90 Å². The fourth-order valence-electron chi connectivity index (χ4n) is 1.21. The standard InChI is InChI=1S/C7H13N3.ClH/c8-3-6-10-4-1-7(9)2-5-10;/h7H,1-2,4-6,9H2;1H. The van der Waals surface area contributed by atoms with E-state index in [1.807, 2.05) is 0 Å². The van der Waals surface area contributed by atoms with Crippen molar-refractivity contribution in [1.29, 1.82) is 5.26 Å². The molecular weight excluding hydrogens is 162 g/mol. The Bertz CT molecular complexity index is 135. The molecule has 0 radical (unpaired) electrons. The summed E-state index contributed by atoms with van der Waals surface area (Å²) in [6.07, 6.45) is 2.09. The summed E-state index contributed by atoms with van der Waals surface area (Å²) in [6, 6.07) is 2.51. The van der Waals surface area contributed by atoms with Crippen molar-refractivity contribution in [2.45, 2.75) is 18.9 Å². The Labute approximate surface area is 73.6 Å². The molecule has 0 amide bonds. The Balaban J connectivity index is 0.000001000. The van der Waals surface area contributed by atoms with E-state index in [0.29, 0.717) is 12.6 Å². The van der Waals surface area contributed by atoms with Gasteiger partial charge in [0, 0.05) is 19.1 Å². The smallest absolute Gasteiger partial charge is 0.0866 e. The third-order valence-electron chi connectivity index (χ3n) is 1.93. The average Bonchev–Trinajstić information content (AvgIpc) is 1.95. The van der Waals surface area contributed by atoms with Crippen molar-refractivity contribution in [3.63, 3.8) is 0 Å². The molecule has 1 saturated heterocycles. The lowest BCUT2D eigenvalue weighted by Gasteiger charge is -2.27. The van der Waals surface area contributed by atoms with Crippen LogP contribution in [0, 0.1) is 11.3 Å². The van der Waals surface area contributed by atoms with E-state index in [1.165, 1.54) is 0 Å². The highest BCUT2D eigenvalue weighted by molar-refractivity contribution is 5.85. The van der Waals surface area contributed by atoms with E-state index in [0.717, 1.165) is 25.9 Å². The predicted octanol–water partition coefficient (Wildman–Crippen LogP) is 0.355. The van der Waals surface area contributed by atoms with Gasteiger partial charge in [0.15, 0.2) is 0 Å². The third kappa shape index (κ3) is 3.57. The highest BCUT2D eigenvalue weighted by atomic mass is 35.5. The summed E-state index contributed by atoms with van der Waals surface area (Å²) >= 11 is 0. The lowest BCUT2D eigenvalue weighted by atomic mass is 10.1. The fourth-order valence-corrected chi connectivity index (χ4v) is 1.21. The van der Waals surface area contributed by atoms with Crippen molar-refractivity contribution in [3.05, 3.63) is 0 Å². The topological polar surface area (TPSA) is 53.0 Å². The molecule has 11 heavy (non-hydrogen) atoms. The summed E-state index contributed by atoms with van der Waals surface area (Å²) in [6.45, 7) is 2.55. The molecule has 2 N–H and O–H groups in total. The van der Waals surface area contributed by atoms with Gasteiger partial charge >= 0.3 is 0 Å². The van der Waals surface area contributed by atoms with Gasteiger partial charge in [0.1, 0.15) is 0 Å². The number of halogens is 1. The van der Waals surface area contributed by atoms with Gasteiger partial charge in [-0.15, -0.1) is 12.4 Å². The molecule has 0 atom stereocenters. The highest BCUT2D eigenvalue weighted by Crippen LogP contribution is 2.06. The Morgan fingerprint density at radius 3 is 2.45 bits per heavy atom. The van der Waals surface area contributed by atoms with Crippen molar-refractivity contribution in [2.75, 3.05) is 19.6 Å². The second-order valence-electron chi connectivity index (χ2n) is 2.77. The van der Waals surface area contributed by atoms with Gasteiger partial charge in [-0.05, 0) is 12.8 Å². The maximum atomic E-state index is 8.36. The number of likely N-dealkylation sites (tertiary alicyclic amines) is 1. The molecule has 1 fully saturated rings. The largest absolute Gasteiger partial charge is 0.328 e. The quantitative estimate of drug-likeness (QED) is 0.586. The first-order valence-electron chi connectivity index (χ1n) is 3.68. The first-order valence-corrected chi connectivity index (χ1v) is 3.68. The SMILES string of the molecule is Cl.N#CCN1CCC(N)CC1. The van der Waals surface area contributed by atoms with Crippen LogP contribution in [-0.2, 0) is 0 Å². The van der Waals surface area contributed by atoms with Gasteiger partial charge < -0.3 is 5.73 Å². The summed E-state index contributed by atoms with van der Waals surface area (Å²) < 4.78 is 0. The van der Waals surface area contributed by atoms with Crippen LogP contribution in [0.3, 0.4) is 0 Å². The van der Waals surface area contributed by atoms with E-state index in [2.05, 4.69) is 11.0 Å². The summed E-state index contributed by atoms with van der Waals surface area (Å²) in [5.41, 5.74) is 5.68. The molecule has 0 bridgehead atoms. The molecule has 1 heterocycles. The highest BCUT2D eigenvalue weighted by Gasteiger charge is 2.14. The molecule has 4 heteroatoms. The van der Waals surface area contributed by atoms with Gasteiger partial charge in [0.05, 0.1) is 12.6 Å². The molecule has 0 spiro atoms. The molecule has 3 nitrogen and oxygen atoms in total. The van der Waals surface area contributed by atoms with Crippen molar-refractivity contribution in [3.8, 4) is 6.07 Å². The summed E-state index contributed by atoms with van der Waals surface area (Å²) in [7, 11) is 0. The molecule has 0 aromatic carbocycles. The minimum atomic E-state index is 0. The second kappa shape index (κ2) is 5.36. The zero-order valence-corrected chi connectivity index (χ0v) is 7.31. The van der Waals surface area contributed by atoms with Crippen LogP contribution in [0.15, 0.2) is 0 Å². The lowest BCUT2D eigenvalue weighted by molar-refractivity contribution is 0.236. The molecule has 0 aromatic heterocycles. The number of hydrogen-bond donors (Lipinski definition) is 1. The zero-order chi connectivity index (χ0) is 7.40. The second-order valence-corrected chi connectivity index (χ2v) is 2.77. The molecule has 0 aliphatic carbocycles. The number of rotatable bonds is 1. The number of nitrogens with two attached hydrogens (primary N) is 1. The van der Waals surface area contributed by atoms with E-state index >= 15 is 0 Å². The van der Waals surface area contributed by atoms with Gasteiger partial charge in [-0.25, -0.2) is 0 Å². The van der Waals surface area contributed by atoms with Crippen molar-refractivity contribution in [2.24, 2.45) is 5.73 Å². The first-order chi connectivity index (χ1) is 4.83. The minimum absolute atomic E-state index is 0. The van der Waals surface area contributed by atoms with E-state index in [9.17, 15) is 0 Å². The fraction of sp³-hybridized carbons (Fsp3) is 0.857. The van der Waals surface area contributed by atoms with Crippen LogP contribution < -0.4 is 5.73 Å². The van der Waals surface area contributed by atoms with E-state index < -0.39 is 0 Å². The number of nitrogens with zero attached hydrogens (tertiary/aromatic N) is 2. The van der Waals surface area contributed by atoms with E-state index in [4.69, 9.17) is 11.0 Å². The van der Waals surface area contributed by atoms with Gasteiger partial charge in [-0.2, -0.15) is 5.26 Å². The lowest BCUT2D eigenvalue weighted by Crippen LogP contribution is -2.39. The van der Waals surface area contributed by atoms with Crippen LogP contribution in [-0.4, -0.2) is 30.6 Å². The summed E-state index contributed by atoms with van der Waals surface area (Å²) in [5.74, 6) is 0. The Hall–Kier alpha value is -0.300. The van der Waals surface area contributed by atoms with Crippen molar-refractivity contribution in [1.82, 2.24) is 4.90 Å². The maximum absolute atomic E-state index is 8.36. The molecule has 0 saturated carbocycles. The van der Waals surface area contributed by atoms with Crippen LogP contribution in [0.4, 0.5) is 0 Å². The van der Waals surface area contributed by atoms with Crippen molar-refractivity contribution < 1.29 is 0 Å². The number of piperidine rings is 1. The van der Waals surface area contributed by atoms with Crippen LogP contribution >= 0.6 is 12.4 Å². The van der Waals surface area contributed by atoms with Gasteiger partial charge in [0.2, 0.25) is 0 Å². The Morgan fingerprint density at radius 1 is 1.45 bits per heavy atom.